The minimum absolute atomic E-state index is 0.00194. The predicted molar refractivity (Wildman–Crippen MR) is 122 cm³/mol. The van der Waals surface area contributed by atoms with Crippen LogP contribution in [0.2, 0.25) is 10.0 Å². The molecule has 2 aromatic heterocycles. The van der Waals surface area contributed by atoms with Crippen molar-refractivity contribution in [3.05, 3.63) is 69.1 Å². The number of benzene rings is 1. The fraction of sp³-hybridized carbons (Fsp3) is 0.273. The van der Waals surface area contributed by atoms with E-state index in [1.54, 1.807) is 26.8 Å². The van der Waals surface area contributed by atoms with Gasteiger partial charge in [-0.2, -0.15) is 18.3 Å². The third-order valence-corrected chi connectivity index (χ3v) is 5.11. The second-order valence-electron chi connectivity index (χ2n) is 7.74. The summed E-state index contributed by atoms with van der Waals surface area (Å²) in [6.07, 6.45) is -3.60. The van der Waals surface area contributed by atoms with Crippen LogP contribution in [0.4, 0.5) is 18.9 Å². The van der Waals surface area contributed by atoms with Gasteiger partial charge in [-0.25, -0.2) is 9.67 Å². The van der Waals surface area contributed by atoms with Gasteiger partial charge in [-0.15, -0.1) is 0 Å². The molecule has 0 atom stereocenters. The standard InChI is InChI=1S/C22H20Cl2F3N5O2/c1-11(2)29-18(33)9-13-8-14(23)7-12(3)19(13)30-21(34)16-10-17(22(25,26)27)31-32(16)20-15(24)5-4-6-28-20/h4-8,10-11H,9H2,1-3H3,(H,29,33)(H,30,34). The van der Waals surface area contributed by atoms with Crippen LogP contribution in [-0.2, 0) is 17.4 Å². The number of rotatable bonds is 6. The van der Waals surface area contributed by atoms with Gasteiger partial charge < -0.3 is 10.6 Å². The molecule has 180 valence electrons. The molecule has 12 heteroatoms. The number of aromatic nitrogens is 3. The maximum absolute atomic E-state index is 13.4. The molecule has 34 heavy (non-hydrogen) atoms. The molecule has 0 radical (unpaired) electrons. The van der Waals surface area contributed by atoms with Gasteiger partial charge in [0.1, 0.15) is 5.69 Å². The third kappa shape index (κ3) is 5.87. The zero-order valence-electron chi connectivity index (χ0n) is 18.3. The van der Waals surface area contributed by atoms with E-state index in [0.29, 0.717) is 22.2 Å². The van der Waals surface area contributed by atoms with E-state index < -0.39 is 23.5 Å². The number of hydrogen-bond acceptors (Lipinski definition) is 4. The van der Waals surface area contributed by atoms with Crippen LogP contribution in [0.25, 0.3) is 5.82 Å². The van der Waals surface area contributed by atoms with Crippen LogP contribution in [0, 0.1) is 6.92 Å². The van der Waals surface area contributed by atoms with E-state index in [1.165, 1.54) is 24.4 Å². The molecule has 0 unspecified atom stereocenters. The van der Waals surface area contributed by atoms with Crippen LogP contribution < -0.4 is 10.6 Å². The zero-order chi connectivity index (χ0) is 25.2. The Labute approximate surface area is 203 Å². The van der Waals surface area contributed by atoms with Crippen molar-refractivity contribution < 1.29 is 22.8 Å². The second kappa shape index (κ2) is 10.0. The first-order valence-electron chi connectivity index (χ1n) is 10.0. The molecule has 0 aliphatic rings. The van der Waals surface area contributed by atoms with Crippen molar-refractivity contribution in [3.8, 4) is 5.82 Å². The molecular formula is C22H20Cl2F3N5O2. The molecule has 3 rings (SSSR count). The molecular weight excluding hydrogens is 494 g/mol. The Hall–Kier alpha value is -3.11. The van der Waals surface area contributed by atoms with Gasteiger partial charge in [0.25, 0.3) is 5.91 Å². The number of nitrogens with one attached hydrogen (secondary N) is 2. The number of carbonyl (C=O) groups is 2. The lowest BCUT2D eigenvalue weighted by molar-refractivity contribution is -0.141. The van der Waals surface area contributed by atoms with Crippen LogP contribution in [0.1, 0.15) is 41.2 Å². The van der Waals surface area contributed by atoms with E-state index in [9.17, 15) is 22.8 Å². The van der Waals surface area contributed by atoms with Crippen LogP contribution in [0.15, 0.2) is 36.5 Å². The second-order valence-corrected chi connectivity index (χ2v) is 8.59. The summed E-state index contributed by atoms with van der Waals surface area (Å²) >= 11 is 12.2. The highest BCUT2D eigenvalue weighted by Gasteiger charge is 2.36. The van der Waals surface area contributed by atoms with Crippen molar-refractivity contribution in [2.24, 2.45) is 0 Å². The van der Waals surface area contributed by atoms with E-state index in [4.69, 9.17) is 23.2 Å². The first-order chi connectivity index (χ1) is 15.9. The van der Waals surface area contributed by atoms with E-state index in [2.05, 4.69) is 20.7 Å². The molecule has 2 amide bonds. The summed E-state index contributed by atoms with van der Waals surface area (Å²) < 4.78 is 40.9. The number of hydrogen-bond donors (Lipinski definition) is 2. The Kier molecular flexibility index (Phi) is 7.52. The first kappa shape index (κ1) is 25.5. The van der Waals surface area contributed by atoms with Gasteiger partial charge in [-0.1, -0.05) is 23.2 Å². The Morgan fingerprint density at radius 3 is 2.50 bits per heavy atom. The molecule has 7 nitrogen and oxygen atoms in total. The number of aryl methyl sites for hydroxylation is 1. The van der Waals surface area contributed by atoms with Gasteiger partial charge in [-0.05, 0) is 56.2 Å². The van der Waals surface area contributed by atoms with Gasteiger partial charge in [0, 0.05) is 29.0 Å². The predicted octanol–water partition coefficient (Wildman–Crippen LogP) is 5.22. The maximum Gasteiger partial charge on any atom is 0.435 e. The normalized spacial score (nSPS) is 11.6. The zero-order valence-corrected chi connectivity index (χ0v) is 19.8. The summed E-state index contributed by atoms with van der Waals surface area (Å²) in [7, 11) is 0. The Morgan fingerprint density at radius 1 is 1.18 bits per heavy atom. The van der Waals surface area contributed by atoms with Gasteiger partial charge in [0.2, 0.25) is 5.91 Å². The molecule has 2 heterocycles. The lowest BCUT2D eigenvalue weighted by Gasteiger charge is -2.16. The monoisotopic (exact) mass is 513 g/mol. The molecule has 1 aromatic carbocycles. The van der Waals surface area contributed by atoms with Crippen LogP contribution in [-0.4, -0.2) is 32.6 Å². The molecule has 0 aliphatic carbocycles. The summed E-state index contributed by atoms with van der Waals surface area (Å²) in [5, 5.41) is 9.20. The molecule has 0 fully saturated rings. The van der Waals surface area contributed by atoms with Crippen LogP contribution >= 0.6 is 23.2 Å². The summed E-state index contributed by atoms with van der Waals surface area (Å²) in [5.74, 6) is -1.35. The summed E-state index contributed by atoms with van der Waals surface area (Å²) in [5.41, 5.74) is -0.564. The Bertz CT molecular complexity index is 1240. The average molecular weight is 514 g/mol. The maximum atomic E-state index is 13.4. The number of pyridine rings is 1. The fourth-order valence-electron chi connectivity index (χ4n) is 3.23. The highest BCUT2D eigenvalue weighted by molar-refractivity contribution is 6.32. The third-order valence-electron chi connectivity index (χ3n) is 4.59. The number of nitrogens with zero attached hydrogens (tertiary/aromatic N) is 3. The van der Waals surface area contributed by atoms with Crippen molar-refractivity contribution >= 4 is 40.7 Å². The van der Waals surface area contributed by atoms with Gasteiger partial charge in [-0.3, -0.25) is 9.59 Å². The van der Waals surface area contributed by atoms with Gasteiger partial charge in [0.15, 0.2) is 11.5 Å². The van der Waals surface area contributed by atoms with Crippen molar-refractivity contribution in [2.45, 2.75) is 39.4 Å². The molecule has 0 saturated carbocycles. The number of alkyl halides is 3. The van der Waals surface area contributed by atoms with Crippen molar-refractivity contribution in [1.29, 1.82) is 0 Å². The molecule has 0 saturated heterocycles. The largest absolute Gasteiger partial charge is 0.435 e. The highest BCUT2D eigenvalue weighted by Crippen LogP contribution is 2.32. The lowest BCUT2D eigenvalue weighted by atomic mass is 10.0. The van der Waals surface area contributed by atoms with Crippen molar-refractivity contribution in [3.63, 3.8) is 0 Å². The topological polar surface area (TPSA) is 88.9 Å². The smallest absolute Gasteiger partial charge is 0.354 e. The fourth-order valence-corrected chi connectivity index (χ4v) is 3.73. The number of carbonyl (C=O) groups excluding carboxylic acids is 2. The SMILES string of the molecule is Cc1cc(Cl)cc(CC(=O)NC(C)C)c1NC(=O)c1cc(C(F)(F)F)nn1-c1ncccc1Cl. The first-order valence-corrected chi connectivity index (χ1v) is 10.8. The molecule has 0 spiro atoms. The summed E-state index contributed by atoms with van der Waals surface area (Å²) in [6.45, 7) is 5.25. The highest BCUT2D eigenvalue weighted by atomic mass is 35.5. The molecule has 0 bridgehead atoms. The van der Waals surface area contributed by atoms with E-state index in [1.807, 2.05) is 0 Å². The van der Waals surface area contributed by atoms with Gasteiger partial charge in [0.05, 0.1) is 11.4 Å². The van der Waals surface area contributed by atoms with Crippen LogP contribution in [0.3, 0.4) is 0 Å². The number of anilines is 1. The van der Waals surface area contributed by atoms with Gasteiger partial charge >= 0.3 is 6.18 Å². The quantitative estimate of drug-likeness (QED) is 0.472. The minimum Gasteiger partial charge on any atom is -0.354 e. The van der Waals surface area contributed by atoms with Crippen LogP contribution in [0.5, 0.6) is 0 Å². The number of halogens is 5. The molecule has 2 N–H and O–H groups in total. The number of amides is 2. The van der Waals surface area contributed by atoms with E-state index >= 15 is 0 Å². The minimum atomic E-state index is -4.81. The average Bonchev–Trinajstić information content (AvgIpc) is 3.16. The molecule has 0 aliphatic heterocycles. The Morgan fingerprint density at radius 2 is 1.88 bits per heavy atom. The molecule has 3 aromatic rings. The lowest BCUT2D eigenvalue weighted by Crippen LogP contribution is -2.31. The van der Waals surface area contributed by atoms with E-state index in [-0.39, 0.29) is 34.9 Å². The van der Waals surface area contributed by atoms with Crippen molar-refractivity contribution in [1.82, 2.24) is 20.1 Å². The summed E-state index contributed by atoms with van der Waals surface area (Å²) in [6, 6.07) is 6.48. The Balaban J connectivity index is 2.04. The van der Waals surface area contributed by atoms with Crippen molar-refractivity contribution in [2.75, 3.05) is 5.32 Å². The van der Waals surface area contributed by atoms with E-state index in [0.717, 1.165) is 4.68 Å². The summed E-state index contributed by atoms with van der Waals surface area (Å²) in [4.78, 5) is 29.4.